The summed E-state index contributed by atoms with van der Waals surface area (Å²) in [4.78, 5) is 33.1. The van der Waals surface area contributed by atoms with Crippen LogP contribution in [0.25, 0.3) is 0 Å². The first-order valence-corrected chi connectivity index (χ1v) is 17.1. The molecular formula is C43H33ClFN5O4. The second kappa shape index (κ2) is 18.5. The molecule has 0 saturated heterocycles. The molecule has 0 radical (unpaired) electrons. The van der Waals surface area contributed by atoms with Crippen molar-refractivity contribution in [1.82, 2.24) is 9.97 Å². The second-order valence-corrected chi connectivity index (χ2v) is 11.9. The first kappa shape index (κ1) is 36.7. The van der Waals surface area contributed by atoms with E-state index in [2.05, 4.69) is 25.9 Å². The van der Waals surface area contributed by atoms with E-state index in [0.717, 1.165) is 17.1 Å². The summed E-state index contributed by atoms with van der Waals surface area (Å²) in [7, 11) is 0. The molecule has 11 heteroatoms. The molecular weight excluding hydrogens is 705 g/mol. The number of amides is 2. The number of hydrogen-bond donors (Lipinski definition) is 3. The monoisotopic (exact) mass is 737 g/mol. The fourth-order valence-electron chi connectivity index (χ4n) is 4.98. The van der Waals surface area contributed by atoms with Crippen molar-refractivity contribution in [3.05, 3.63) is 198 Å². The Kier molecular flexibility index (Phi) is 12.6. The Bertz CT molecular complexity index is 2300. The van der Waals surface area contributed by atoms with Gasteiger partial charge in [0.25, 0.3) is 11.8 Å². The number of hydrogen-bond acceptors (Lipinski definition) is 7. The van der Waals surface area contributed by atoms with Crippen molar-refractivity contribution in [3.63, 3.8) is 0 Å². The van der Waals surface area contributed by atoms with Crippen LogP contribution in [0.15, 0.2) is 170 Å². The number of ether oxygens (including phenoxy) is 2. The quantitative estimate of drug-likeness (QED) is 0.113. The minimum atomic E-state index is -0.307. The molecule has 5 aromatic carbocycles. The van der Waals surface area contributed by atoms with E-state index >= 15 is 0 Å². The molecule has 0 fully saturated rings. The second-order valence-electron chi connectivity index (χ2n) is 11.5. The lowest BCUT2D eigenvalue weighted by atomic mass is 10.2. The van der Waals surface area contributed by atoms with Gasteiger partial charge in [-0.15, -0.1) is 0 Å². The van der Waals surface area contributed by atoms with Crippen LogP contribution in [-0.2, 0) is 6.54 Å². The predicted molar refractivity (Wildman–Crippen MR) is 209 cm³/mol. The Labute approximate surface area is 316 Å². The predicted octanol–water partition coefficient (Wildman–Crippen LogP) is 10.7. The number of anilines is 3. The Balaban J connectivity index is 0.000000193. The largest absolute Gasteiger partial charge is 0.457 e. The number of aromatic nitrogens is 2. The minimum Gasteiger partial charge on any atom is -0.457 e. The summed E-state index contributed by atoms with van der Waals surface area (Å²) >= 11 is 5.91. The Hall–Kier alpha value is -7.04. The van der Waals surface area contributed by atoms with E-state index in [-0.39, 0.29) is 22.8 Å². The SMILES string of the molecule is O=C(Nc1ccc(Oc2ccccc2)cc1)c1cccnc1Cl.O=C(Nc1ccc(Oc2ccccc2)cc1)c1cccnc1NCc1cccc(F)c1. The van der Waals surface area contributed by atoms with Crippen LogP contribution in [0.3, 0.4) is 0 Å². The summed E-state index contributed by atoms with van der Waals surface area (Å²) in [6.07, 6.45) is 3.13. The van der Waals surface area contributed by atoms with Crippen molar-refractivity contribution in [2.75, 3.05) is 16.0 Å². The zero-order valence-electron chi connectivity index (χ0n) is 28.7. The fourth-order valence-corrected chi connectivity index (χ4v) is 5.18. The number of pyridine rings is 2. The molecule has 0 saturated carbocycles. The van der Waals surface area contributed by atoms with Crippen molar-refractivity contribution in [3.8, 4) is 23.0 Å². The van der Waals surface area contributed by atoms with Gasteiger partial charge in [-0.25, -0.2) is 14.4 Å². The van der Waals surface area contributed by atoms with Crippen LogP contribution in [0.2, 0.25) is 5.15 Å². The number of nitrogens with zero attached hydrogens (tertiary/aromatic N) is 2. The summed E-state index contributed by atoms with van der Waals surface area (Å²) in [5.74, 6) is 2.37. The molecule has 2 aromatic heterocycles. The molecule has 0 bridgehead atoms. The van der Waals surface area contributed by atoms with Crippen LogP contribution in [-0.4, -0.2) is 21.8 Å². The van der Waals surface area contributed by atoms with Gasteiger partial charge in [-0.1, -0.05) is 60.1 Å². The van der Waals surface area contributed by atoms with Crippen molar-refractivity contribution >= 4 is 40.6 Å². The van der Waals surface area contributed by atoms with Crippen molar-refractivity contribution < 1.29 is 23.5 Å². The lowest BCUT2D eigenvalue weighted by Crippen LogP contribution is -2.15. The topological polar surface area (TPSA) is 114 Å². The van der Waals surface area contributed by atoms with Gasteiger partial charge in [-0.3, -0.25) is 9.59 Å². The number of carbonyl (C=O) groups excluding carboxylic acids is 2. The zero-order chi connectivity index (χ0) is 37.5. The highest BCUT2D eigenvalue weighted by atomic mass is 35.5. The van der Waals surface area contributed by atoms with Gasteiger partial charge in [-0.2, -0.15) is 0 Å². The smallest absolute Gasteiger partial charge is 0.259 e. The molecule has 0 spiro atoms. The van der Waals surface area contributed by atoms with Crippen LogP contribution in [0.5, 0.6) is 23.0 Å². The molecule has 0 unspecified atom stereocenters. The third kappa shape index (κ3) is 10.7. The van der Waals surface area contributed by atoms with Crippen molar-refractivity contribution in [1.29, 1.82) is 0 Å². The first-order chi connectivity index (χ1) is 26.4. The van der Waals surface area contributed by atoms with Crippen LogP contribution in [0.1, 0.15) is 26.3 Å². The number of halogens is 2. The van der Waals surface area contributed by atoms with Gasteiger partial charge in [0.2, 0.25) is 0 Å². The van der Waals surface area contributed by atoms with Crippen LogP contribution in [0, 0.1) is 5.82 Å². The number of carbonyl (C=O) groups is 2. The zero-order valence-corrected chi connectivity index (χ0v) is 29.4. The van der Waals surface area contributed by atoms with Gasteiger partial charge < -0.3 is 25.4 Å². The summed E-state index contributed by atoms with van der Waals surface area (Å²) in [5.41, 5.74) is 2.76. The van der Waals surface area contributed by atoms with Gasteiger partial charge in [0.15, 0.2) is 0 Å². The minimum absolute atomic E-state index is 0.175. The van der Waals surface area contributed by atoms with E-state index in [0.29, 0.717) is 46.4 Å². The van der Waals surface area contributed by atoms with Crippen LogP contribution >= 0.6 is 11.6 Å². The molecule has 268 valence electrons. The van der Waals surface area contributed by atoms with Gasteiger partial charge in [0.1, 0.15) is 39.8 Å². The van der Waals surface area contributed by atoms with E-state index in [1.165, 1.54) is 18.3 Å². The van der Waals surface area contributed by atoms with Gasteiger partial charge in [-0.05, 0) is 115 Å². The Morgan fingerprint density at radius 1 is 0.556 bits per heavy atom. The highest BCUT2D eigenvalue weighted by molar-refractivity contribution is 6.33. The Morgan fingerprint density at radius 2 is 1.06 bits per heavy atom. The molecule has 0 aliphatic rings. The molecule has 9 nitrogen and oxygen atoms in total. The summed E-state index contributed by atoms with van der Waals surface area (Å²) in [6, 6.07) is 46.1. The van der Waals surface area contributed by atoms with E-state index < -0.39 is 0 Å². The van der Waals surface area contributed by atoms with Crippen LogP contribution in [0.4, 0.5) is 21.6 Å². The first-order valence-electron chi connectivity index (χ1n) is 16.7. The van der Waals surface area contributed by atoms with E-state index in [9.17, 15) is 14.0 Å². The average Bonchev–Trinajstić information content (AvgIpc) is 3.20. The van der Waals surface area contributed by atoms with Crippen molar-refractivity contribution in [2.45, 2.75) is 6.54 Å². The van der Waals surface area contributed by atoms with E-state index in [1.54, 1.807) is 91.1 Å². The maximum atomic E-state index is 13.4. The number of nitrogens with one attached hydrogen (secondary N) is 3. The summed E-state index contributed by atoms with van der Waals surface area (Å²) in [5, 5.41) is 8.91. The lowest BCUT2D eigenvalue weighted by Gasteiger charge is -2.12. The third-order valence-electron chi connectivity index (χ3n) is 7.59. The molecule has 7 rings (SSSR count). The van der Waals surface area contributed by atoms with Gasteiger partial charge in [0.05, 0.1) is 11.1 Å². The Morgan fingerprint density at radius 3 is 1.59 bits per heavy atom. The maximum absolute atomic E-state index is 13.4. The number of para-hydroxylation sites is 2. The third-order valence-corrected chi connectivity index (χ3v) is 7.89. The highest BCUT2D eigenvalue weighted by Crippen LogP contribution is 2.25. The molecule has 7 aromatic rings. The number of rotatable bonds is 11. The van der Waals surface area contributed by atoms with Gasteiger partial charge >= 0.3 is 0 Å². The molecule has 0 atom stereocenters. The van der Waals surface area contributed by atoms with E-state index in [1.807, 2.05) is 60.7 Å². The van der Waals surface area contributed by atoms with Gasteiger partial charge in [0, 0.05) is 30.3 Å². The van der Waals surface area contributed by atoms with E-state index in [4.69, 9.17) is 21.1 Å². The molecule has 2 amide bonds. The summed E-state index contributed by atoms with van der Waals surface area (Å²) in [6.45, 7) is 0.348. The number of benzene rings is 5. The molecule has 54 heavy (non-hydrogen) atoms. The highest BCUT2D eigenvalue weighted by Gasteiger charge is 2.13. The normalized spacial score (nSPS) is 10.3. The molecule has 0 aliphatic carbocycles. The summed E-state index contributed by atoms with van der Waals surface area (Å²) < 4.78 is 24.8. The lowest BCUT2D eigenvalue weighted by molar-refractivity contribution is 0.101. The molecule has 3 N–H and O–H groups in total. The standard InChI is InChI=1S/C25H20FN3O2.C18H13ClN2O2/c26-19-7-4-6-18(16-19)17-28-24-23(10-5-15-27-24)25(30)29-20-11-13-22(14-12-20)31-21-8-2-1-3-9-21;19-17-16(7-4-12-20-17)18(22)21-13-8-10-15(11-9-13)23-14-5-2-1-3-6-14/h1-16H,17H2,(H,27,28)(H,29,30);1-12H,(H,21,22). The van der Waals surface area contributed by atoms with Crippen molar-refractivity contribution in [2.24, 2.45) is 0 Å². The van der Waals surface area contributed by atoms with Crippen LogP contribution < -0.4 is 25.4 Å². The molecule has 0 aliphatic heterocycles. The maximum Gasteiger partial charge on any atom is 0.259 e. The molecule has 2 heterocycles. The average molecular weight is 738 g/mol. The fraction of sp³-hybridized carbons (Fsp3) is 0.0233.